The standard InChI is InChI=1S/C9H12BrNO3S/c1-15(12,13)5-4-14-9-3-2-8(6-10)11-7-9/h2-3,7H,4-6H2,1H3. The van der Waals surface area contributed by atoms with Crippen molar-refractivity contribution in [2.45, 2.75) is 5.33 Å². The molecule has 0 aliphatic carbocycles. The first-order chi connectivity index (χ1) is 7.01. The first kappa shape index (κ1) is 12.4. The maximum absolute atomic E-state index is 10.8. The van der Waals surface area contributed by atoms with Crippen LogP contribution in [0.3, 0.4) is 0 Å². The normalized spacial score (nSPS) is 11.3. The molecule has 1 heterocycles. The molecule has 4 nitrogen and oxygen atoms in total. The molecule has 6 heteroatoms. The number of rotatable bonds is 5. The molecule has 15 heavy (non-hydrogen) atoms. The maximum atomic E-state index is 10.8. The van der Waals surface area contributed by atoms with Crippen LogP contribution in [0, 0.1) is 0 Å². The molecule has 0 saturated carbocycles. The third-order valence-corrected chi connectivity index (χ3v) is 3.14. The number of nitrogens with zero attached hydrogens (tertiary/aromatic N) is 1. The van der Waals surface area contributed by atoms with Crippen LogP contribution in [-0.4, -0.2) is 32.0 Å². The summed E-state index contributed by atoms with van der Waals surface area (Å²) in [7, 11) is -2.96. The summed E-state index contributed by atoms with van der Waals surface area (Å²) in [6.07, 6.45) is 2.77. The molecule has 0 saturated heterocycles. The lowest BCUT2D eigenvalue weighted by atomic mass is 10.4. The summed E-state index contributed by atoms with van der Waals surface area (Å²) < 4.78 is 26.9. The van der Waals surface area contributed by atoms with Gasteiger partial charge in [0, 0.05) is 11.6 Å². The average Bonchev–Trinajstić information content (AvgIpc) is 2.17. The lowest BCUT2D eigenvalue weighted by Crippen LogP contribution is -2.12. The molecule has 1 rings (SSSR count). The Balaban J connectivity index is 2.45. The molecule has 0 unspecified atom stereocenters. The summed E-state index contributed by atoms with van der Waals surface area (Å²) in [6.45, 7) is 0.161. The van der Waals surface area contributed by atoms with E-state index in [0.717, 1.165) is 5.69 Å². The fraction of sp³-hybridized carbons (Fsp3) is 0.444. The molecule has 0 spiro atoms. The van der Waals surface area contributed by atoms with Crippen molar-refractivity contribution >= 4 is 25.8 Å². The van der Waals surface area contributed by atoms with Crippen LogP contribution < -0.4 is 4.74 Å². The maximum Gasteiger partial charge on any atom is 0.150 e. The van der Waals surface area contributed by atoms with Crippen molar-refractivity contribution in [3.8, 4) is 5.75 Å². The predicted octanol–water partition coefficient (Wildman–Crippen LogP) is 1.40. The van der Waals surface area contributed by atoms with Crippen LogP contribution in [-0.2, 0) is 15.2 Å². The van der Waals surface area contributed by atoms with Crippen molar-refractivity contribution in [3.05, 3.63) is 24.0 Å². The number of hydrogen-bond donors (Lipinski definition) is 0. The molecule has 0 bridgehead atoms. The van der Waals surface area contributed by atoms with E-state index < -0.39 is 9.84 Å². The monoisotopic (exact) mass is 293 g/mol. The Hall–Kier alpha value is -0.620. The minimum absolute atomic E-state index is 0.0210. The Morgan fingerprint density at radius 3 is 2.67 bits per heavy atom. The zero-order chi connectivity index (χ0) is 11.3. The SMILES string of the molecule is CS(=O)(=O)CCOc1ccc(CBr)nc1. The minimum Gasteiger partial charge on any atom is -0.491 e. The van der Waals surface area contributed by atoms with Crippen LogP contribution in [0.4, 0.5) is 0 Å². The molecule has 0 fully saturated rings. The van der Waals surface area contributed by atoms with Crippen LogP contribution in [0.1, 0.15) is 5.69 Å². The van der Waals surface area contributed by atoms with Crippen LogP contribution in [0.15, 0.2) is 18.3 Å². The van der Waals surface area contributed by atoms with Gasteiger partial charge in [0.05, 0.1) is 17.6 Å². The smallest absolute Gasteiger partial charge is 0.150 e. The first-order valence-corrected chi connectivity index (χ1v) is 7.51. The summed E-state index contributed by atoms with van der Waals surface area (Å²) in [5.74, 6) is 0.607. The van der Waals surface area contributed by atoms with E-state index in [1.807, 2.05) is 6.07 Å². The van der Waals surface area contributed by atoms with Crippen molar-refractivity contribution in [2.75, 3.05) is 18.6 Å². The molecular weight excluding hydrogens is 282 g/mol. The zero-order valence-corrected chi connectivity index (χ0v) is 10.7. The fourth-order valence-electron chi connectivity index (χ4n) is 0.886. The number of hydrogen-bond acceptors (Lipinski definition) is 4. The largest absolute Gasteiger partial charge is 0.491 e. The van der Waals surface area contributed by atoms with Gasteiger partial charge in [-0.15, -0.1) is 0 Å². The lowest BCUT2D eigenvalue weighted by Gasteiger charge is -2.04. The third-order valence-electron chi connectivity index (χ3n) is 1.66. The molecule has 0 N–H and O–H groups in total. The van der Waals surface area contributed by atoms with E-state index in [1.54, 1.807) is 12.3 Å². The van der Waals surface area contributed by atoms with Gasteiger partial charge in [-0.3, -0.25) is 4.98 Å². The molecule has 1 aromatic rings. The summed E-state index contributed by atoms with van der Waals surface area (Å²) in [5, 5.41) is 0.691. The van der Waals surface area contributed by atoms with Crippen LogP contribution in [0.25, 0.3) is 0 Å². The topological polar surface area (TPSA) is 56.3 Å². The Labute approximate surface area is 97.7 Å². The highest BCUT2D eigenvalue weighted by molar-refractivity contribution is 9.08. The Morgan fingerprint density at radius 2 is 2.20 bits per heavy atom. The van der Waals surface area contributed by atoms with Crippen molar-refractivity contribution in [3.63, 3.8) is 0 Å². The first-order valence-electron chi connectivity index (χ1n) is 4.33. The highest BCUT2D eigenvalue weighted by Crippen LogP contribution is 2.10. The number of pyridine rings is 1. The van der Waals surface area contributed by atoms with Gasteiger partial charge in [0.1, 0.15) is 12.4 Å². The van der Waals surface area contributed by atoms with E-state index in [-0.39, 0.29) is 12.4 Å². The van der Waals surface area contributed by atoms with E-state index in [1.165, 1.54) is 6.26 Å². The number of halogens is 1. The molecule has 84 valence electrons. The molecule has 0 aliphatic rings. The van der Waals surface area contributed by atoms with Gasteiger partial charge in [0.25, 0.3) is 0 Å². The number of alkyl halides is 1. The number of aromatic nitrogens is 1. The summed E-state index contributed by atoms with van der Waals surface area (Å²) in [4.78, 5) is 4.09. The quantitative estimate of drug-likeness (QED) is 0.770. The average molecular weight is 294 g/mol. The van der Waals surface area contributed by atoms with Crippen molar-refractivity contribution in [2.24, 2.45) is 0 Å². The lowest BCUT2D eigenvalue weighted by molar-refractivity contribution is 0.339. The Morgan fingerprint density at radius 1 is 1.47 bits per heavy atom. The Kier molecular flexibility index (Phi) is 4.53. The predicted molar refractivity (Wildman–Crippen MR) is 62.1 cm³/mol. The van der Waals surface area contributed by atoms with Gasteiger partial charge in [-0.05, 0) is 12.1 Å². The van der Waals surface area contributed by atoms with Gasteiger partial charge >= 0.3 is 0 Å². The van der Waals surface area contributed by atoms with Crippen molar-refractivity contribution in [1.29, 1.82) is 0 Å². The minimum atomic E-state index is -2.96. The van der Waals surface area contributed by atoms with E-state index in [4.69, 9.17) is 4.74 Å². The third kappa shape index (κ3) is 5.13. The number of sulfone groups is 1. The molecule has 0 radical (unpaired) electrons. The molecule has 1 aromatic heterocycles. The van der Waals surface area contributed by atoms with Crippen molar-refractivity contribution < 1.29 is 13.2 Å². The van der Waals surface area contributed by atoms with E-state index >= 15 is 0 Å². The second-order valence-corrected chi connectivity index (χ2v) is 5.92. The van der Waals surface area contributed by atoms with Gasteiger partial charge in [-0.2, -0.15) is 0 Å². The van der Waals surface area contributed by atoms with Crippen LogP contribution in [0.2, 0.25) is 0 Å². The highest BCUT2D eigenvalue weighted by atomic mass is 79.9. The van der Waals surface area contributed by atoms with Gasteiger partial charge in [-0.1, -0.05) is 15.9 Å². The van der Waals surface area contributed by atoms with Crippen LogP contribution in [0.5, 0.6) is 5.75 Å². The van der Waals surface area contributed by atoms with Gasteiger partial charge < -0.3 is 4.74 Å². The van der Waals surface area contributed by atoms with Gasteiger partial charge in [0.2, 0.25) is 0 Å². The summed E-state index contributed by atoms with van der Waals surface area (Å²) >= 11 is 3.28. The van der Waals surface area contributed by atoms with Crippen LogP contribution >= 0.6 is 15.9 Å². The molecule has 0 aromatic carbocycles. The number of ether oxygens (including phenoxy) is 1. The zero-order valence-electron chi connectivity index (χ0n) is 8.31. The molecular formula is C9H12BrNO3S. The van der Waals surface area contributed by atoms with E-state index in [9.17, 15) is 8.42 Å². The molecule has 0 aliphatic heterocycles. The second kappa shape index (κ2) is 5.46. The molecule has 0 atom stereocenters. The Bertz CT molecular complexity index is 402. The molecule has 0 amide bonds. The highest BCUT2D eigenvalue weighted by Gasteiger charge is 2.02. The second-order valence-electron chi connectivity index (χ2n) is 3.10. The van der Waals surface area contributed by atoms with Gasteiger partial charge in [-0.25, -0.2) is 8.42 Å². The van der Waals surface area contributed by atoms with Gasteiger partial charge in [0.15, 0.2) is 9.84 Å². The van der Waals surface area contributed by atoms with E-state index in [0.29, 0.717) is 11.1 Å². The van der Waals surface area contributed by atoms with E-state index in [2.05, 4.69) is 20.9 Å². The summed E-state index contributed by atoms with van der Waals surface area (Å²) in [5.41, 5.74) is 0.908. The summed E-state index contributed by atoms with van der Waals surface area (Å²) in [6, 6.07) is 3.59. The van der Waals surface area contributed by atoms with Crippen molar-refractivity contribution in [1.82, 2.24) is 4.98 Å². The fourth-order valence-corrected chi connectivity index (χ4v) is 1.60.